The number of nitrogens with one attached hydrogen (secondary N) is 2. The van der Waals surface area contributed by atoms with Gasteiger partial charge < -0.3 is 5.32 Å². The second-order valence-corrected chi connectivity index (χ2v) is 6.10. The van der Waals surface area contributed by atoms with Crippen LogP contribution in [0.5, 0.6) is 0 Å². The van der Waals surface area contributed by atoms with Crippen LogP contribution in [0.25, 0.3) is 0 Å². The molecule has 27 heavy (non-hydrogen) atoms. The van der Waals surface area contributed by atoms with Crippen molar-refractivity contribution in [1.29, 1.82) is 0 Å². The van der Waals surface area contributed by atoms with E-state index in [1.54, 1.807) is 24.3 Å². The molecule has 2 rings (SSSR count). The maximum Gasteiger partial charge on any atom is 0.288 e. The molecule has 2 aromatic rings. The SMILES string of the molecule is O=C(CCC(=O)Nc1ccccc1Cl)N/N=C/c1ccc(Cl)c([N+](=O)[O-])c1. The van der Waals surface area contributed by atoms with Crippen molar-refractivity contribution in [3.8, 4) is 0 Å². The van der Waals surface area contributed by atoms with Crippen molar-refractivity contribution in [3.05, 3.63) is 68.2 Å². The highest BCUT2D eigenvalue weighted by Gasteiger charge is 2.12. The Kier molecular flexibility index (Phi) is 7.27. The molecule has 0 saturated heterocycles. The van der Waals surface area contributed by atoms with Crippen LogP contribution >= 0.6 is 23.2 Å². The summed E-state index contributed by atoms with van der Waals surface area (Å²) >= 11 is 11.6. The number of para-hydroxylation sites is 1. The Labute approximate surface area is 164 Å². The van der Waals surface area contributed by atoms with E-state index in [0.717, 1.165) is 0 Å². The number of benzene rings is 2. The topological polar surface area (TPSA) is 114 Å². The average Bonchev–Trinajstić information content (AvgIpc) is 2.63. The van der Waals surface area contributed by atoms with E-state index in [0.29, 0.717) is 16.3 Å². The number of carbonyl (C=O) groups is 2. The van der Waals surface area contributed by atoms with Crippen molar-refractivity contribution in [1.82, 2.24) is 5.43 Å². The van der Waals surface area contributed by atoms with Gasteiger partial charge in [-0.15, -0.1) is 0 Å². The van der Waals surface area contributed by atoms with Gasteiger partial charge in [-0.3, -0.25) is 19.7 Å². The fourth-order valence-corrected chi connectivity index (χ4v) is 2.36. The van der Waals surface area contributed by atoms with Crippen molar-refractivity contribution in [2.45, 2.75) is 12.8 Å². The van der Waals surface area contributed by atoms with Crippen LogP contribution in [0.4, 0.5) is 11.4 Å². The third-order valence-corrected chi connectivity index (χ3v) is 3.95. The molecule has 0 aromatic heterocycles. The molecule has 0 unspecified atom stereocenters. The summed E-state index contributed by atoms with van der Waals surface area (Å²) in [6.45, 7) is 0. The lowest BCUT2D eigenvalue weighted by atomic mass is 10.2. The van der Waals surface area contributed by atoms with Gasteiger partial charge in [-0.1, -0.05) is 41.4 Å². The number of nitro benzene ring substituents is 1. The minimum absolute atomic E-state index is 0.00529. The standard InChI is InChI=1S/C17H14Cl2N4O4/c18-12-3-1-2-4-14(12)21-16(24)7-8-17(25)22-20-10-11-5-6-13(19)15(9-11)23(26)27/h1-6,9-10H,7-8H2,(H,21,24)(H,22,25)/b20-10+. The number of amides is 2. The summed E-state index contributed by atoms with van der Waals surface area (Å²) in [7, 11) is 0. The summed E-state index contributed by atoms with van der Waals surface area (Å²) in [5.74, 6) is -0.848. The smallest absolute Gasteiger partial charge is 0.288 e. The Morgan fingerprint density at radius 2 is 1.78 bits per heavy atom. The molecule has 0 aliphatic rings. The third-order valence-electron chi connectivity index (χ3n) is 3.30. The van der Waals surface area contributed by atoms with Crippen molar-refractivity contribution in [2.24, 2.45) is 5.10 Å². The molecule has 0 aliphatic heterocycles. The number of nitro groups is 1. The quantitative estimate of drug-likeness (QED) is 0.412. The first-order valence-electron chi connectivity index (χ1n) is 7.67. The number of anilines is 1. The lowest BCUT2D eigenvalue weighted by molar-refractivity contribution is -0.384. The predicted octanol–water partition coefficient (Wildman–Crippen LogP) is 3.77. The van der Waals surface area contributed by atoms with Gasteiger partial charge in [0.15, 0.2) is 0 Å². The van der Waals surface area contributed by atoms with Crippen molar-refractivity contribution < 1.29 is 14.5 Å². The lowest BCUT2D eigenvalue weighted by Crippen LogP contribution is -2.20. The van der Waals surface area contributed by atoms with Crippen LogP contribution in [0.2, 0.25) is 10.0 Å². The number of nitrogens with zero attached hydrogens (tertiary/aromatic N) is 2. The molecule has 8 nitrogen and oxygen atoms in total. The van der Waals surface area contributed by atoms with Crippen molar-refractivity contribution in [3.63, 3.8) is 0 Å². The lowest BCUT2D eigenvalue weighted by Gasteiger charge is -2.06. The first-order valence-corrected chi connectivity index (χ1v) is 8.42. The molecular weight excluding hydrogens is 395 g/mol. The van der Waals surface area contributed by atoms with Gasteiger partial charge in [0.2, 0.25) is 11.8 Å². The second kappa shape index (κ2) is 9.65. The Morgan fingerprint density at radius 1 is 1.07 bits per heavy atom. The molecule has 0 radical (unpaired) electrons. The van der Waals surface area contributed by atoms with Gasteiger partial charge in [0, 0.05) is 24.5 Å². The molecule has 2 amide bonds. The zero-order valence-electron chi connectivity index (χ0n) is 13.8. The summed E-state index contributed by atoms with van der Waals surface area (Å²) in [6, 6.07) is 10.9. The zero-order valence-corrected chi connectivity index (χ0v) is 15.3. The van der Waals surface area contributed by atoms with Crippen LogP contribution in [-0.2, 0) is 9.59 Å². The van der Waals surface area contributed by atoms with Gasteiger partial charge in [0.05, 0.1) is 21.8 Å². The molecular formula is C17H14Cl2N4O4. The maximum absolute atomic E-state index is 11.8. The van der Waals surface area contributed by atoms with Gasteiger partial charge in [-0.05, 0) is 18.2 Å². The largest absolute Gasteiger partial charge is 0.325 e. The number of halogens is 2. The van der Waals surface area contributed by atoms with E-state index >= 15 is 0 Å². The number of hydrogen-bond acceptors (Lipinski definition) is 5. The van der Waals surface area contributed by atoms with Crippen molar-refractivity contribution >= 4 is 52.6 Å². The van der Waals surface area contributed by atoms with Gasteiger partial charge >= 0.3 is 0 Å². The summed E-state index contributed by atoms with van der Waals surface area (Å²) < 4.78 is 0. The van der Waals surface area contributed by atoms with E-state index in [9.17, 15) is 19.7 Å². The highest BCUT2D eigenvalue weighted by Crippen LogP contribution is 2.24. The maximum atomic E-state index is 11.8. The third kappa shape index (κ3) is 6.36. The minimum Gasteiger partial charge on any atom is -0.325 e. The second-order valence-electron chi connectivity index (χ2n) is 5.29. The van der Waals surface area contributed by atoms with Gasteiger partial charge in [-0.25, -0.2) is 5.43 Å². The number of carbonyl (C=O) groups excluding carboxylic acids is 2. The van der Waals surface area contributed by atoms with Gasteiger partial charge in [0.25, 0.3) is 5.69 Å². The van der Waals surface area contributed by atoms with E-state index in [4.69, 9.17) is 23.2 Å². The number of hydrogen-bond donors (Lipinski definition) is 2. The molecule has 0 heterocycles. The van der Waals surface area contributed by atoms with Gasteiger partial charge in [0.1, 0.15) is 5.02 Å². The highest BCUT2D eigenvalue weighted by atomic mass is 35.5. The molecule has 2 N–H and O–H groups in total. The fraction of sp³-hybridized carbons (Fsp3) is 0.118. The molecule has 0 saturated carbocycles. The summed E-state index contributed by atoms with van der Waals surface area (Å²) in [5, 5.41) is 17.5. The predicted molar refractivity (Wildman–Crippen MR) is 103 cm³/mol. The van der Waals surface area contributed by atoms with Gasteiger partial charge in [-0.2, -0.15) is 5.10 Å². The summed E-state index contributed by atoms with van der Waals surface area (Å²) in [6.07, 6.45) is 1.10. The van der Waals surface area contributed by atoms with E-state index in [1.165, 1.54) is 24.4 Å². The first-order chi connectivity index (χ1) is 12.9. The molecule has 0 aliphatic carbocycles. The van der Waals surface area contributed by atoms with Crippen LogP contribution in [0.15, 0.2) is 47.6 Å². The molecule has 0 atom stereocenters. The fourth-order valence-electron chi connectivity index (χ4n) is 1.99. The van der Waals surface area contributed by atoms with Crippen molar-refractivity contribution in [2.75, 3.05) is 5.32 Å². The van der Waals surface area contributed by atoms with E-state index in [2.05, 4.69) is 15.8 Å². The number of hydrazone groups is 1. The Bertz CT molecular complexity index is 902. The normalized spacial score (nSPS) is 10.6. The highest BCUT2D eigenvalue weighted by molar-refractivity contribution is 6.33. The first kappa shape index (κ1) is 20.3. The van der Waals surface area contributed by atoms with Crippen LogP contribution < -0.4 is 10.7 Å². The molecule has 2 aromatic carbocycles. The molecule has 0 fully saturated rings. The molecule has 140 valence electrons. The van der Waals surface area contributed by atoms with Crippen LogP contribution in [0.3, 0.4) is 0 Å². The summed E-state index contributed by atoms with van der Waals surface area (Å²) in [5.41, 5.74) is 2.84. The van der Waals surface area contributed by atoms with Crippen LogP contribution in [0.1, 0.15) is 18.4 Å². The summed E-state index contributed by atoms with van der Waals surface area (Å²) in [4.78, 5) is 33.8. The molecule has 0 spiro atoms. The van der Waals surface area contributed by atoms with E-state index < -0.39 is 10.8 Å². The van der Waals surface area contributed by atoms with Crippen LogP contribution in [-0.4, -0.2) is 23.0 Å². The Hall–Kier alpha value is -2.97. The van der Waals surface area contributed by atoms with E-state index in [1.807, 2.05) is 0 Å². The zero-order chi connectivity index (χ0) is 19.8. The van der Waals surface area contributed by atoms with Crippen LogP contribution in [0, 0.1) is 10.1 Å². The monoisotopic (exact) mass is 408 g/mol. The Balaban J connectivity index is 1.81. The molecule has 10 heteroatoms. The average molecular weight is 409 g/mol. The van der Waals surface area contributed by atoms with E-state index in [-0.39, 0.29) is 29.5 Å². The number of rotatable bonds is 7. The Morgan fingerprint density at radius 3 is 2.48 bits per heavy atom. The molecule has 0 bridgehead atoms. The minimum atomic E-state index is -0.615.